The summed E-state index contributed by atoms with van der Waals surface area (Å²) in [5, 5.41) is 10.1. The van der Waals surface area contributed by atoms with E-state index in [4.69, 9.17) is 38.5 Å². The van der Waals surface area contributed by atoms with Gasteiger partial charge in [0, 0.05) is 10.6 Å². The van der Waals surface area contributed by atoms with Crippen LogP contribution >= 0.6 is 40.1 Å². The lowest BCUT2D eigenvalue weighted by Gasteiger charge is -1.99. The molecule has 0 bridgehead atoms. The van der Waals surface area contributed by atoms with E-state index >= 15 is 0 Å². The van der Waals surface area contributed by atoms with E-state index in [-0.39, 0.29) is 11.9 Å². The molecule has 9 heteroatoms. The van der Waals surface area contributed by atoms with Gasteiger partial charge in [0.25, 0.3) is 0 Å². The Balaban J connectivity index is 2.27. The van der Waals surface area contributed by atoms with E-state index in [1.165, 1.54) is 0 Å². The van der Waals surface area contributed by atoms with Crippen molar-refractivity contribution in [3.8, 4) is 11.5 Å². The smallest absolute Gasteiger partial charge is 0.346 e. The molecule has 0 fully saturated rings. The largest absolute Gasteiger partial charge is 0.403 e. The Kier molecular flexibility index (Phi) is 3.64. The van der Waals surface area contributed by atoms with Crippen LogP contribution in [0, 0.1) is 0 Å². The molecule has 0 unspecified atom stereocenters. The van der Waals surface area contributed by atoms with Crippen LogP contribution in [0.25, 0.3) is 11.5 Å². The van der Waals surface area contributed by atoms with Gasteiger partial charge in [0.2, 0.25) is 5.89 Å². The Morgan fingerprint density at radius 2 is 2.06 bits per heavy atom. The highest BCUT2D eigenvalue weighted by atomic mass is 35.9. The van der Waals surface area contributed by atoms with Gasteiger partial charge < -0.3 is 4.42 Å². The number of halogens is 3. The predicted molar refractivity (Wildman–Crippen MR) is 67.7 cm³/mol. The number of aromatic nitrogens is 2. The van der Waals surface area contributed by atoms with E-state index in [1.807, 2.05) is 0 Å². The maximum atomic E-state index is 11.1. The number of nitrogens with one attached hydrogen (secondary N) is 1. The number of anilines is 1. The lowest BCUT2D eigenvalue weighted by Crippen LogP contribution is -1.85. The molecule has 1 aromatic heterocycles. The molecule has 0 aliphatic heterocycles. The fourth-order valence-corrected chi connectivity index (χ4v) is 2.06. The Labute approximate surface area is 111 Å². The van der Waals surface area contributed by atoms with E-state index in [0.717, 1.165) is 0 Å². The highest BCUT2D eigenvalue weighted by Gasteiger charge is 2.18. The zero-order valence-corrected chi connectivity index (χ0v) is 11.3. The fraction of sp³-hybridized carbons (Fsp3) is 0. The van der Waals surface area contributed by atoms with Gasteiger partial charge in [0.15, 0.2) is 0 Å². The molecule has 1 aromatic carbocycles. The first kappa shape index (κ1) is 12.7. The SMILES string of the molecule is O=P(Cl)(Cl)Nc1nnc(-c2cccc(Cl)c2)o1. The molecule has 0 saturated heterocycles. The lowest BCUT2D eigenvalue weighted by molar-refractivity contribution is 0.579. The Morgan fingerprint density at radius 1 is 1.29 bits per heavy atom. The molecule has 17 heavy (non-hydrogen) atoms. The minimum Gasteiger partial charge on any atom is -0.403 e. The summed E-state index contributed by atoms with van der Waals surface area (Å²) < 4.78 is 16.2. The normalized spacial score (nSPS) is 11.5. The second kappa shape index (κ2) is 4.86. The molecule has 0 aliphatic rings. The third-order valence-corrected chi connectivity index (χ3v) is 2.92. The van der Waals surface area contributed by atoms with Crippen LogP contribution in [0.15, 0.2) is 28.7 Å². The minimum absolute atomic E-state index is 0.117. The average molecular weight is 312 g/mol. The summed E-state index contributed by atoms with van der Waals surface area (Å²) in [6, 6.07) is 6.73. The highest BCUT2D eigenvalue weighted by Crippen LogP contribution is 2.55. The van der Waals surface area contributed by atoms with E-state index in [1.54, 1.807) is 24.3 Å². The summed E-state index contributed by atoms with van der Waals surface area (Å²) in [6.07, 6.45) is 0. The highest BCUT2D eigenvalue weighted by molar-refractivity contribution is 8.09. The van der Waals surface area contributed by atoms with Crippen molar-refractivity contribution in [3.05, 3.63) is 29.3 Å². The second-order valence-electron chi connectivity index (χ2n) is 3.00. The maximum Gasteiger partial charge on any atom is 0.346 e. The van der Waals surface area contributed by atoms with Crippen LogP contribution in [0.3, 0.4) is 0 Å². The van der Waals surface area contributed by atoms with E-state index in [9.17, 15) is 4.57 Å². The molecule has 1 heterocycles. The van der Waals surface area contributed by atoms with Gasteiger partial charge in [-0.25, -0.2) is 0 Å². The van der Waals surface area contributed by atoms with Crippen molar-refractivity contribution >= 4 is 46.1 Å². The van der Waals surface area contributed by atoms with E-state index in [2.05, 4.69) is 15.3 Å². The van der Waals surface area contributed by atoms with Gasteiger partial charge in [-0.1, -0.05) is 22.8 Å². The van der Waals surface area contributed by atoms with Gasteiger partial charge in [0.1, 0.15) is 0 Å². The van der Waals surface area contributed by atoms with Crippen molar-refractivity contribution in [1.29, 1.82) is 0 Å². The summed E-state index contributed by atoms with van der Waals surface area (Å²) >= 11 is 16.4. The lowest BCUT2D eigenvalue weighted by atomic mass is 10.2. The Morgan fingerprint density at radius 3 is 2.71 bits per heavy atom. The monoisotopic (exact) mass is 311 g/mol. The molecule has 0 amide bonds. The maximum absolute atomic E-state index is 11.1. The Hall–Kier alpha value is -0.740. The average Bonchev–Trinajstić information content (AvgIpc) is 2.63. The van der Waals surface area contributed by atoms with Gasteiger partial charge in [-0.05, 0) is 40.7 Å². The van der Waals surface area contributed by atoms with Crippen molar-refractivity contribution in [3.63, 3.8) is 0 Å². The zero-order valence-electron chi connectivity index (χ0n) is 8.10. The number of rotatable bonds is 3. The topological polar surface area (TPSA) is 68.0 Å². The first-order valence-corrected chi connectivity index (χ1v) is 8.20. The van der Waals surface area contributed by atoms with Crippen molar-refractivity contribution in [2.45, 2.75) is 0 Å². The van der Waals surface area contributed by atoms with Crippen LogP contribution in [0.2, 0.25) is 5.02 Å². The molecule has 1 N–H and O–H groups in total. The second-order valence-corrected chi connectivity index (χ2v) is 7.96. The first-order valence-electron chi connectivity index (χ1n) is 4.31. The van der Waals surface area contributed by atoms with Gasteiger partial charge >= 0.3 is 12.0 Å². The molecular formula is C8H5Cl3N3O2P. The Bertz CT molecular complexity index is 583. The number of nitrogens with zero attached hydrogens (tertiary/aromatic N) is 2. The molecule has 90 valence electrons. The molecule has 2 rings (SSSR count). The summed E-state index contributed by atoms with van der Waals surface area (Å²) in [5.41, 5.74) is 0.636. The van der Waals surface area contributed by atoms with Crippen molar-refractivity contribution in [2.75, 3.05) is 5.09 Å². The minimum atomic E-state index is -3.50. The predicted octanol–water partition coefficient (Wildman–Crippen LogP) is 4.39. The summed E-state index contributed by atoms with van der Waals surface area (Å²) in [7, 11) is 0. The van der Waals surface area contributed by atoms with E-state index in [0.29, 0.717) is 10.6 Å². The molecule has 0 spiro atoms. The van der Waals surface area contributed by atoms with Gasteiger partial charge in [-0.2, -0.15) is 0 Å². The number of hydrogen-bond donors (Lipinski definition) is 1. The van der Waals surface area contributed by atoms with Crippen molar-refractivity contribution in [1.82, 2.24) is 10.2 Å². The molecule has 0 atom stereocenters. The molecule has 5 nitrogen and oxygen atoms in total. The third kappa shape index (κ3) is 3.61. The summed E-state index contributed by atoms with van der Waals surface area (Å²) in [6.45, 7) is 0. The van der Waals surface area contributed by atoms with Gasteiger partial charge in [0.05, 0.1) is 0 Å². The van der Waals surface area contributed by atoms with Crippen LogP contribution in [-0.4, -0.2) is 10.2 Å². The molecule has 0 aliphatic carbocycles. The van der Waals surface area contributed by atoms with Crippen LogP contribution in [0.4, 0.5) is 6.01 Å². The van der Waals surface area contributed by atoms with Crippen molar-refractivity contribution in [2.24, 2.45) is 0 Å². The summed E-state index contributed by atoms with van der Waals surface area (Å²) in [4.78, 5) is 0. The zero-order chi connectivity index (χ0) is 12.5. The van der Waals surface area contributed by atoms with Gasteiger partial charge in [-0.15, -0.1) is 5.10 Å². The number of benzene rings is 1. The van der Waals surface area contributed by atoms with Crippen molar-refractivity contribution < 1.29 is 8.98 Å². The standard InChI is InChI=1S/C8H5Cl3N3O2P/c9-6-3-1-2-5(4-6)7-12-13-8(16-7)14-17(10,11)15/h1-4H,(H,13,14,15). The van der Waals surface area contributed by atoms with Crippen LogP contribution < -0.4 is 5.09 Å². The first-order chi connectivity index (χ1) is 7.94. The van der Waals surface area contributed by atoms with E-state index < -0.39 is 6.00 Å². The van der Waals surface area contributed by atoms with Crippen LogP contribution in [-0.2, 0) is 4.57 Å². The molecule has 2 aromatic rings. The summed E-state index contributed by atoms with van der Waals surface area (Å²) in [5.74, 6) is -3.28. The van der Waals surface area contributed by atoms with Gasteiger partial charge in [-0.3, -0.25) is 9.65 Å². The van der Waals surface area contributed by atoms with Crippen LogP contribution in [0.5, 0.6) is 0 Å². The number of hydrogen-bond acceptors (Lipinski definition) is 4. The fourth-order valence-electron chi connectivity index (χ4n) is 1.12. The molecule has 0 radical (unpaired) electrons. The van der Waals surface area contributed by atoms with Crippen LogP contribution in [0.1, 0.15) is 0 Å². The quantitative estimate of drug-likeness (QED) is 0.851. The third-order valence-electron chi connectivity index (χ3n) is 1.72. The molecule has 0 saturated carbocycles. The molecular weight excluding hydrogens is 307 g/mol.